The van der Waals surface area contributed by atoms with Crippen molar-refractivity contribution >= 4 is 33.2 Å². The molecule has 1 aromatic carbocycles. The highest BCUT2D eigenvalue weighted by atomic mass is 79.9. The van der Waals surface area contributed by atoms with Gasteiger partial charge in [-0.25, -0.2) is 0 Å². The fourth-order valence-corrected chi connectivity index (χ4v) is 3.61. The van der Waals surface area contributed by atoms with E-state index in [-0.39, 0.29) is 5.91 Å². The van der Waals surface area contributed by atoms with Gasteiger partial charge in [-0.3, -0.25) is 4.79 Å². The number of carbonyl (C=O) groups is 1. The predicted molar refractivity (Wildman–Crippen MR) is 81.5 cm³/mol. The standard InChI is InChI=1S/C15H14BrNOS/c16-14-8-13(10-19-14)15(18)17-7-3-6-11-4-1-2-5-12(11)9-17/h1-2,4-5,8,10H,3,6-7,9H2. The maximum atomic E-state index is 12.5. The molecule has 0 spiro atoms. The predicted octanol–water partition coefficient (Wildman–Crippen LogP) is 4.10. The third-order valence-corrected chi connectivity index (χ3v) is 4.96. The van der Waals surface area contributed by atoms with Gasteiger partial charge in [0, 0.05) is 18.5 Å². The van der Waals surface area contributed by atoms with Crippen LogP contribution < -0.4 is 0 Å². The highest BCUT2D eigenvalue weighted by Crippen LogP contribution is 2.24. The largest absolute Gasteiger partial charge is 0.334 e. The van der Waals surface area contributed by atoms with Crippen molar-refractivity contribution in [2.45, 2.75) is 19.4 Å². The van der Waals surface area contributed by atoms with Crippen LogP contribution in [0.1, 0.15) is 27.9 Å². The fourth-order valence-electron chi connectivity index (χ4n) is 2.48. The molecule has 0 N–H and O–H groups in total. The van der Waals surface area contributed by atoms with Gasteiger partial charge >= 0.3 is 0 Å². The second kappa shape index (κ2) is 5.47. The zero-order valence-electron chi connectivity index (χ0n) is 10.4. The van der Waals surface area contributed by atoms with Crippen LogP contribution in [0.2, 0.25) is 0 Å². The molecule has 0 bridgehead atoms. The van der Waals surface area contributed by atoms with Crippen LogP contribution in [-0.4, -0.2) is 17.4 Å². The van der Waals surface area contributed by atoms with E-state index >= 15 is 0 Å². The minimum atomic E-state index is 0.138. The van der Waals surface area contributed by atoms with Crippen LogP contribution in [0, 0.1) is 0 Å². The molecule has 0 fully saturated rings. The van der Waals surface area contributed by atoms with E-state index in [2.05, 4.69) is 34.1 Å². The van der Waals surface area contributed by atoms with Crippen LogP contribution in [0.3, 0.4) is 0 Å². The Bertz CT molecular complexity index is 608. The molecular formula is C15H14BrNOS. The Balaban J connectivity index is 1.84. The van der Waals surface area contributed by atoms with Crippen molar-refractivity contribution < 1.29 is 4.79 Å². The number of hydrogen-bond donors (Lipinski definition) is 0. The zero-order chi connectivity index (χ0) is 13.2. The lowest BCUT2D eigenvalue weighted by Gasteiger charge is -2.20. The number of nitrogens with zero attached hydrogens (tertiary/aromatic N) is 1. The number of amides is 1. The van der Waals surface area contributed by atoms with E-state index in [1.807, 2.05) is 22.4 Å². The van der Waals surface area contributed by atoms with E-state index < -0.39 is 0 Å². The maximum absolute atomic E-state index is 12.5. The molecule has 0 atom stereocenters. The molecule has 1 aliphatic rings. The van der Waals surface area contributed by atoms with Gasteiger partial charge in [0.25, 0.3) is 5.91 Å². The Hall–Kier alpha value is -1.13. The second-order valence-corrected chi connectivity index (χ2v) is 7.03. The summed E-state index contributed by atoms with van der Waals surface area (Å²) in [7, 11) is 0. The van der Waals surface area contributed by atoms with Gasteiger partial charge in [-0.15, -0.1) is 11.3 Å². The van der Waals surface area contributed by atoms with Crippen molar-refractivity contribution in [3.05, 3.63) is 56.2 Å². The molecule has 2 aromatic rings. The van der Waals surface area contributed by atoms with Gasteiger partial charge in [-0.05, 0) is 46.0 Å². The van der Waals surface area contributed by atoms with Crippen molar-refractivity contribution in [2.75, 3.05) is 6.54 Å². The van der Waals surface area contributed by atoms with Gasteiger partial charge < -0.3 is 4.90 Å². The lowest BCUT2D eigenvalue weighted by atomic mass is 10.0. The summed E-state index contributed by atoms with van der Waals surface area (Å²) in [6, 6.07) is 10.3. The Labute approximate surface area is 125 Å². The van der Waals surface area contributed by atoms with Crippen molar-refractivity contribution in [2.24, 2.45) is 0 Å². The lowest BCUT2D eigenvalue weighted by molar-refractivity contribution is 0.0746. The summed E-state index contributed by atoms with van der Waals surface area (Å²) in [6.45, 7) is 1.56. The van der Waals surface area contributed by atoms with Crippen molar-refractivity contribution in [1.29, 1.82) is 0 Å². The average Bonchev–Trinajstić information content (AvgIpc) is 2.74. The van der Waals surface area contributed by atoms with Crippen LogP contribution in [-0.2, 0) is 13.0 Å². The van der Waals surface area contributed by atoms with Crippen molar-refractivity contribution in [3.63, 3.8) is 0 Å². The van der Waals surface area contributed by atoms with E-state index in [0.717, 1.165) is 35.3 Å². The van der Waals surface area contributed by atoms with Crippen LogP contribution >= 0.6 is 27.3 Å². The first-order valence-corrected chi connectivity index (χ1v) is 8.01. The number of rotatable bonds is 1. The van der Waals surface area contributed by atoms with Gasteiger partial charge in [-0.1, -0.05) is 24.3 Å². The van der Waals surface area contributed by atoms with E-state index in [0.29, 0.717) is 0 Å². The van der Waals surface area contributed by atoms with E-state index in [1.165, 1.54) is 11.1 Å². The van der Waals surface area contributed by atoms with E-state index in [9.17, 15) is 4.79 Å². The SMILES string of the molecule is O=C(c1csc(Br)c1)N1CCCc2ccccc2C1. The highest BCUT2D eigenvalue weighted by molar-refractivity contribution is 9.11. The molecule has 0 aliphatic carbocycles. The van der Waals surface area contributed by atoms with Crippen LogP contribution in [0.15, 0.2) is 39.5 Å². The number of hydrogen-bond acceptors (Lipinski definition) is 2. The van der Waals surface area contributed by atoms with Crippen LogP contribution in [0.5, 0.6) is 0 Å². The van der Waals surface area contributed by atoms with Crippen molar-refractivity contribution in [3.8, 4) is 0 Å². The smallest absolute Gasteiger partial charge is 0.255 e. The Morgan fingerprint density at radius 2 is 2.05 bits per heavy atom. The molecule has 4 heteroatoms. The zero-order valence-corrected chi connectivity index (χ0v) is 12.8. The number of thiophene rings is 1. The summed E-state index contributed by atoms with van der Waals surface area (Å²) >= 11 is 4.97. The number of fused-ring (bicyclic) bond motifs is 1. The summed E-state index contributed by atoms with van der Waals surface area (Å²) in [6.07, 6.45) is 2.10. The van der Waals surface area contributed by atoms with Gasteiger partial charge in [0.1, 0.15) is 0 Å². The molecule has 1 aliphatic heterocycles. The minimum absolute atomic E-state index is 0.138. The normalized spacial score (nSPS) is 14.9. The van der Waals surface area contributed by atoms with Crippen LogP contribution in [0.4, 0.5) is 0 Å². The lowest BCUT2D eigenvalue weighted by Crippen LogP contribution is -2.30. The number of halogens is 1. The summed E-state index contributed by atoms with van der Waals surface area (Å²) in [4.78, 5) is 14.4. The van der Waals surface area contributed by atoms with E-state index in [4.69, 9.17) is 0 Å². The maximum Gasteiger partial charge on any atom is 0.255 e. The molecule has 2 heterocycles. The monoisotopic (exact) mass is 335 g/mol. The molecule has 3 rings (SSSR count). The van der Waals surface area contributed by atoms with Gasteiger partial charge in [0.05, 0.1) is 9.35 Å². The molecule has 0 saturated carbocycles. The molecule has 0 saturated heterocycles. The van der Waals surface area contributed by atoms with Gasteiger partial charge in [-0.2, -0.15) is 0 Å². The van der Waals surface area contributed by atoms with Gasteiger partial charge in [0.15, 0.2) is 0 Å². The third-order valence-electron chi connectivity index (χ3n) is 3.46. The molecule has 98 valence electrons. The molecule has 1 aromatic heterocycles. The Morgan fingerprint density at radius 3 is 2.79 bits per heavy atom. The third kappa shape index (κ3) is 2.74. The first kappa shape index (κ1) is 12.9. The van der Waals surface area contributed by atoms with Gasteiger partial charge in [0.2, 0.25) is 0 Å². The Morgan fingerprint density at radius 1 is 1.26 bits per heavy atom. The summed E-state index contributed by atoms with van der Waals surface area (Å²) < 4.78 is 1.01. The number of aryl methyl sites for hydroxylation is 1. The van der Waals surface area contributed by atoms with Crippen LogP contribution in [0.25, 0.3) is 0 Å². The molecule has 2 nitrogen and oxygen atoms in total. The fraction of sp³-hybridized carbons (Fsp3) is 0.267. The summed E-state index contributed by atoms with van der Waals surface area (Å²) in [5, 5.41) is 1.92. The Kier molecular flexibility index (Phi) is 3.71. The molecule has 0 radical (unpaired) electrons. The van der Waals surface area contributed by atoms with Crippen molar-refractivity contribution in [1.82, 2.24) is 4.90 Å². The second-order valence-electron chi connectivity index (χ2n) is 4.74. The molecule has 19 heavy (non-hydrogen) atoms. The topological polar surface area (TPSA) is 20.3 Å². The highest BCUT2D eigenvalue weighted by Gasteiger charge is 2.20. The summed E-state index contributed by atoms with van der Waals surface area (Å²) in [5.74, 6) is 0.138. The minimum Gasteiger partial charge on any atom is -0.334 e. The molecule has 1 amide bonds. The number of carbonyl (C=O) groups excluding carboxylic acids is 1. The van der Waals surface area contributed by atoms with E-state index in [1.54, 1.807) is 11.3 Å². The first-order chi connectivity index (χ1) is 9.24. The molecule has 0 unspecified atom stereocenters. The summed E-state index contributed by atoms with van der Waals surface area (Å²) in [5.41, 5.74) is 3.45. The quantitative estimate of drug-likeness (QED) is 0.768. The first-order valence-electron chi connectivity index (χ1n) is 6.34. The number of benzene rings is 1. The average molecular weight is 336 g/mol. The molecular weight excluding hydrogens is 322 g/mol.